The van der Waals surface area contributed by atoms with E-state index in [1.165, 1.54) is 0 Å². The van der Waals surface area contributed by atoms with Crippen molar-refractivity contribution in [2.75, 3.05) is 6.51 Å². The molecule has 0 N–H and O–H groups in total. The molecule has 1 aliphatic heterocycles. The molecule has 0 saturated carbocycles. The molecule has 1 unspecified atom stereocenters. The monoisotopic (exact) mass is 238 g/mol. The van der Waals surface area contributed by atoms with Crippen molar-refractivity contribution >= 4 is 15.7 Å². The molecule has 0 spiro atoms. The van der Waals surface area contributed by atoms with Gasteiger partial charge in [0.25, 0.3) is 0 Å². The fourth-order valence-electron chi connectivity index (χ4n) is 1.72. The van der Waals surface area contributed by atoms with Gasteiger partial charge in [0.05, 0.1) is 6.61 Å². The van der Waals surface area contributed by atoms with E-state index >= 15 is 0 Å². The van der Waals surface area contributed by atoms with E-state index in [4.69, 9.17) is 21.4 Å². The van der Waals surface area contributed by atoms with E-state index in [2.05, 4.69) is 0 Å². The minimum absolute atomic E-state index is 0.197. The summed E-state index contributed by atoms with van der Waals surface area (Å²) in [7, 11) is 1.66. The highest BCUT2D eigenvalue weighted by molar-refractivity contribution is 7.49. The third-order valence-electron chi connectivity index (χ3n) is 2.31. The van der Waals surface area contributed by atoms with Crippen LogP contribution in [0, 0.1) is 13.8 Å². The Kier molecular flexibility index (Phi) is 3.11. The lowest BCUT2D eigenvalue weighted by Gasteiger charge is -2.26. The van der Waals surface area contributed by atoms with Gasteiger partial charge in [-0.2, -0.15) is 0 Å². The van der Waals surface area contributed by atoms with Crippen molar-refractivity contribution in [1.82, 2.24) is 0 Å². The van der Waals surface area contributed by atoms with Crippen LogP contribution in [-0.4, -0.2) is 14.4 Å². The van der Waals surface area contributed by atoms with Crippen LogP contribution in [0.4, 0.5) is 0 Å². The first kappa shape index (κ1) is 11.7. The van der Waals surface area contributed by atoms with Gasteiger partial charge in [-0.15, -0.1) is 0 Å². The zero-order chi connectivity index (χ0) is 11.8. The molecule has 84 valence electrons. The van der Waals surface area contributed by atoms with Crippen molar-refractivity contribution in [3.8, 4) is 5.75 Å². The van der Waals surface area contributed by atoms with Crippen molar-refractivity contribution in [2.45, 2.75) is 20.5 Å². The van der Waals surface area contributed by atoms with Gasteiger partial charge in [0.1, 0.15) is 13.6 Å². The van der Waals surface area contributed by atoms with Crippen LogP contribution >= 0.6 is 7.82 Å². The molecule has 0 saturated heterocycles. The summed E-state index contributed by atoms with van der Waals surface area (Å²) in [6.45, 7) is 3.90. The topological polar surface area (TPSA) is 44.8 Å². The summed E-state index contributed by atoms with van der Waals surface area (Å²) in [4.78, 5) is 0. The second kappa shape index (κ2) is 4.25. The minimum atomic E-state index is -3.51. The molecule has 2 radical (unpaired) electrons. The number of rotatable bonds is 2. The zero-order valence-corrected chi connectivity index (χ0v) is 10.1. The number of hydrogen-bond donors (Lipinski definition) is 0. The molecule has 1 aromatic carbocycles. The Hall–Kier alpha value is -0.765. The normalized spacial score (nSPS) is 23.6. The number of benzene rings is 1. The summed E-state index contributed by atoms with van der Waals surface area (Å²) < 4.78 is 27.0. The molecule has 4 nitrogen and oxygen atoms in total. The molecule has 0 bridgehead atoms. The van der Waals surface area contributed by atoms with Crippen molar-refractivity contribution in [2.24, 2.45) is 0 Å². The van der Waals surface area contributed by atoms with Crippen molar-refractivity contribution in [1.29, 1.82) is 0 Å². The van der Waals surface area contributed by atoms with E-state index < -0.39 is 7.82 Å². The maximum absolute atomic E-state index is 11.9. The number of phosphoric ester groups is 1. The summed E-state index contributed by atoms with van der Waals surface area (Å²) in [6, 6.07) is 3.89. The molecule has 1 heterocycles. The fourth-order valence-corrected chi connectivity index (χ4v) is 2.87. The average Bonchev–Trinajstić information content (AvgIpc) is 2.20. The molecule has 0 amide bonds. The second-order valence-electron chi connectivity index (χ2n) is 3.68. The highest BCUT2D eigenvalue weighted by atomic mass is 31.2. The Bertz CT molecular complexity index is 460. The second-order valence-corrected chi connectivity index (χ2v) is 5.27. The van der Waals surface area contributed by atoms with E-state index in [1.54, 1.807) is 0 Å². The summed E-state index contributed by atoms with van der Waals surface area (Å²) in [5.74, 6) is 0.577. The predicted molar refractivity (Wildman–Crippen MR) is 60.6 cm³/mol. The molecule has 6 heteroatoms. The van der Waals surface area contributed by atoms with Gasteiger partial charge < -0.3 is 4.52 Å². The Morgan fingerprint density at radius 1 is 1.50 bits per heavy atom. The van der Waals surface area contributed by atoms with Crippen molar-refractivity contribution in [3.05, 3.63) is 28.8 Å². The third-order valence-corrected chi connectivity index (χ3v) is 3.63. The Morgan fingerprint density at radius 2 is 2.25 bits per heavy atom. The Balaban J connectivity index is 2.37. The van der Waals surface area contributed by atoms with Crippen LogP contribution in [-0.2, 0) is 20.2 Å². The highest BCUT2D eigenvalue weighted by Crippen LogP contribution is 2.55. The molecule has 1 aliphatic rings. The van der Waals surface area contributed by atoms with Gasteiger partial charge in [-0.25, -0.2) is 4.57 Å². The molecule has 1 atom stereocenters. The lowest BCUT2D eigenvalue weighted by atomic mass is 10.1. The first-order valence-corrected chi connectivity index (χ1v) is 6.39. The lowest BCUT2D eigenvalue weighted by Crippen LogP contribution is -2.11. The molecular formula is C10H12BO4P. The van der Waals surface area contributed by atoms with Crippen LogP contribution in [0.2, 0.25) is 0 Å². The van der Waals surface area contributed by atoms with E-state index in [0.29, 0.717) is 5.75 Å². The molecule has 16 heavy (non-hydrogen) atoms. The molecule has 0 aromatic heterocycles. The van der Waals surface area contributed by atoms with E-state index in [0.717, 1.165) is 16.7 Å². The van der Waals surface area contributed by atoms with Gasteiger partial charge in [-0.05, 0) is 19.4 Å². The highest BCUT2D eigenvalue weighted by Gasteiger charge is 2.34. The molecule has 1 aromatic rings. The standard InChI is InChI=1S/C10H12BO4P/c1-7-3-8(2)10-9(4-7)5-13-16(12,15-10)14-6-11/h3-4H,5-6H2,1-2H3. The zero-order valence-electron chi connectivity index (χ0n) is 9.23. The first-order chi connectivity index (χ1) is 7.54. The Labute approximate surface area is 95.9 Å². The van der Waals surface area contributed by atoms with Crippen molar-refractivity contribution in [3.63, 3.8) is 0 Å². The molecular weight excluding hydrogens is 226 g/mol. The number of aryl methyl sites for hydroxylation is 2. The maximum atomic E-state index is 11.9. The van der Waals surface area contributed by atoms with Crippen LogP contribution in [0.15, 0.2) is 12.1 Å². The van der Waals surface area contributed by atoms with Gasteiger partial charge in [0.15, 0.2) is 0 Å². The summed E-state index contributed by atoms with van der Waals surface area (Å²) in [5.41, 5.74) is 2.91. The van der Waals surface area contributed by atoms with Crippen LogP contribution in [0.3, 0.4) is 0 Å². The number of hydrogen-bond acceptors (Lipinski definition) is 4. The van der Waals surface area contributed by atoms with E-state index in [-0.39, 0.29) is 13.1 Å². The summed E-state index contributed by atoms with van der Waals surface area (Å²) in [5, 5.41) is 0. The van der Waals surface area contributed by atoms with Crippen molar-refractivity contribution < 1.29 is 18.1 Å². The fraction of sp³-hybridized carbons (Fsp3) is 0.400. The first-order valence-electron chi connectivity index (χ1n) is 4.93. The molecule has 0 aliphatic carbocycles. The number of fused-ring (bicyclic) bond motifs is 1. The maximum Gasteiger partial charge on any atom is 0.529 e. The van der Waals surface area contributed by atoms with Crippen LogP contribution in [0.5, 0.6) is 5.75 Å². The van der Waals surface area contributed by atoms with Crippen LogP contribution in [0.1, 0.15) is 16.7 Å². The van der Waals surface area contributed by atoms with E-state index in [9.17, 15) is 4.57 Å². The average molecular weight is 238 g/mol. The summed E-state index contributed by atoms with van der Waals surface area (Å²) in [6.07, 6.45) is 0. The molecule has 2 rings (SSSR count). The lowest BCUT2D eigenvalue weighted by molar-refractivity contribution is 0.149. The minimum Gasteiger partial charge on any atom is -0.403 e. The van der Waals surface area contributed by atoms with E-state index in [1.807, 2.05) is 26.0 Å². The predicted octanol–water partition coefficient (Wildman–Crippen LogP) is 2.46. The number of phosphoric acid groups is 1. The van der Waals surface area contributed by atoms with Crippen LogP contribution in [0.25, 0.3) is 0 Å². The van der Waals surface area contributed by atoms with Crippen LogP contribution < -0.4 is 4.52 Å². The van der Waals surface area contributed by atoms with Gasteiger partial charge in [0.2, 0.25) is 0 Å². The van der Waals surface area contributed by atoms with Gasteiger partial charge in [0, 0.05) is 12.1 Å². The summed E-state index contributed by atoms with van der Waals surface area (Å²) >= 11 is 0. The third kappa shape index (κ3) is 2.17. The quantitative estimate of drug-likeness (QED) is 0.586. The Morgan fingerprint density at radius 3 is 2.94 bits per heavy atom. The smallest absolute Gasteiger partial charge is 0.403 e. The van der Waals surface area contributed by atoms with Gasteiger partial charge in [-0.1, -0.05) is 17.7 Å². The largest absolute Gasteiger partial charge is 0.529 e. The van der Waals surface area contributed by atoms with Gasteiger partial charge in [-0.3, -0.25) is 9.05 Å². The van der Waals surface area contributed by atoms with Gasteiger partial charge >= 0.3 is 7.82 Å². The molecule has 0 fully saturated rings. The SMILES string of the molecule is [B]COP1(=O)OCc2cc(C)cc(C)c2O1.